The summed E-state index contributed by atoms with van der Waals surface area (Å²) in [5, 5.41) is 8.97. The SMILES string of the molecule is CCCC[P+](CCCC)(CCCC)Cc1ccc(C#N)cc1.[Br-]. The van der Waals surface area contributed by atoms with Crippen molar-refractivity contribution in [2.45, 2.75) is 65.5 Å². The molecule has 0 fully saturated rings. The molecule has 130 valence electrons. The Morgan fingerprint density at radius 3 is 1.61 bits per heavy atom. The van der Waals surface area contributed by atoms with Crippen LogP contribution in [0.15, 0.2) is 24.3 Å². The average molecular weight is 398 g/mol. The van der Waals surface area contributed by atoms with Crippen LogP contribution in [-0.4, -0.2) is 18.5 Å². The molecule has 1 rings (SSSR count). The Bertz CT molecular complexity index is 428. The van der Waals surface area contributed by atoms with Crippen LogP contribution < -0.4 is 17.0 Å². The Kier molecular flexibility index (Phi) is 12.8. The Labute approximate surface area is 155 Å². The van der Waals surface area contributed by atoms with E-state index in [4.69, 9.17) is 5.26 Å². The minimum atomic E-state index is -0.874. The number of unbranched alkanes of at least 4 members (excludes halogenated alkanes) is 3. The van der Waals surface area contributed by atoms with Gasteiger partial charge in [-0.25, -0.2) is 0 Å². The molecular formula is C20H33BrNP. The topological polar surface area (TPSA) is 23.8 Å². The highest BCUT2D eigenvalue weighted by Crippen LogP contribution is 2.63. The third-order valence-electron chi connectivity index (χ3n) is 4.56. The average Bonchev–Trinajstić information content (AvgIpc) is 2.56. The highest BCUT2D eigenvalue weighted by atomic mass is 79.9. The molecule has 0 saturated heterocycles. The van der Waals surface area contributed by atoms with Gasteiger partial charge in [-0.15, -0.1) is 0 Å². The molecule has 0 spiro atoms. The van der Waals surface area contributed by atoms with Gasteiger partial charge < -0.3 is 17.0 Å². The van der Waals surface area contributed by atoms with Crippen LogP contribution in [0.2, 0.25) is 0 Å². The quantitative estimate of drug-likeness (QED) is 0.524. The van der Waals surface area contributed by atoms with E-state index in [1.54, 1.807) is 0 Å². The van der Waals surface area contributed by atoms with E-state index in [-0.39, 0.29) is 17.0 Å². The van der Waals surface area contributed by atoms with Crippen molar-refractivity contribution in [3.8, 4) is 6.07 Å². The van der Waals surface area contributed by atoms with Gasteiger partial charge in [-0.3, -0.25) is 0 Å². The van der Waals surface area contributed by atoms with E-state index in [1.165, 1.54) is 68.7 Å². The number of hydrogen-bond donors (Lipinski definition) is 0. The zero-order valence-electron chi connectivity index (χ0n) is 15.2. The summed E-state index contributed by atoms with van der Waals surface area (Å²) in [7, 11) is -0.874. The second-order valence-electron chi connectivity index (χ2n) is 6.54. The molecule has 0 aromatic heterocycles. The van der Waals surface area contributed by atoms with Crippen molar-refractivity contribution in [1.82, 2.24) is 0 Å². The highest BCUT2D eigenvalue weighted by Gasteiger charge is 2.35. The van der Waals surface area contributed by atoms with E-state index in [9.17, 15) is 0 Å². The normalized spacial score (nSPS) is 10.9. The molecule has 1 aromatic carbocycles. The van der Waals surface area contributed by atoms with Gasteiger partial charge in [-0.2, -0.15) is 5.26 Å². The maximum atomic E-state index is 8.97. The summed E-state index contributed by atoms with van der Waals surface area (Å²) in [6.45, 7) is 6.95. The van der Waals surface area contributed by atoms with Crippen LogP contribution >= 0.6 is 7.26 Å². The first-order valence-corrected chi connectivity index (χ1v) is 11.6. The van der Waals surface area contributed by atoms with Crippen LogP contribution in [0.25, 0.3) is 0 Å². The van der Waals surface area contributed by atoms with E-state index in [1.807, 2.05) is 12.1 Å². The zero-order chi connectivity index (χ0) is 16.3. The lowest BCUT2D eigenvalue weighted by atomic mass is 10.2. The van der Waals surface area contributed by atoms with Gasteiger partial charge in [-0.05, 0) is 37.0 Å². The largest absolute Gasteiger partial charge is 1.00 e. The van der Waals surface area contributed by atoms with Crippen molar-refractivity contribution in [1.29, 1.82) is 5.26 Å². The Morgan fingerprint density at radius 2 is 1.26 bits per heavy atom. The second kappa shape index (κ2) is 13.0. The number of rotatable bonds is 11. The van der Waals surface area contributed by atoms with Crippen molar-refractivity contribution in [2.75, 3.05) is 18.5 Å². The maximum absolute atomic E-state index is 8.97. The molecular weight excluding hydrogens is 365 g/mol. The molecule has 1 nitrogen and oxygen atoms in total. The molecule has 0 N–H and O–H groups in total. The first kappa shape index (κ1) is 22.6. The molecule has 0 radical (unpaired) electrons. The van der Waals surface area contributed by atoms with Gasteiger partial charge in [0, 0.05) is 7.26 Å². The molecule has 0 aliphatic rings. The molecule has 0 amide bonds. The lowest BCUT2D eigenvalue weighted by Gasteiger charge is -2.28. The molecule has 0 saturated carbocycles. The molecule has 0 heterocycles. The lowest BCUT2D eigenvalue weighted by Crippen LogP contribution is -3.00. The van der Waals surface area contributed by atoms with E-state index in [2.05, 4.69) is 39.0 Å². The summed E-state index contributed by atoms with van der Waals surface area (Å²) in [5.74, 6) is 0. The maximum Gasteiger partial charge on any atom is 0.0991 e. The van der Waals surface area contributed by atoms with Crippen LogP contribution in [0, 0.1) is 11.3 Å². The first-order valence-electron chi connectivity index (χ1n) is 9.03. The minimum Gasteiger partial charge on any atom is -1.00 e. The fraction of sp³-hybridized carbons (Fsp3) is 0.650. The number of halogens is 1. The standard InChI is InChI=1S/C20H33NP.BrH/c1-4-7-14-22(15-8-5-2,16-9-6-3)18-20-12-10-19(17-21)11-13-20;/h10-13H,4-9,14-16,18H2,1-3H3;1H/q+1;/p-1. The number of nitriles is 1. The van der Waals surface area contributed by atoms with Crippen molar-refractivity contribution in [3.05, 3.63) is 35.4 Å². The Hall–Kier alpha value is -0.380. The smallest absolute Gasteiger partial charge is 0.0991 e. The third kappa shape index (κ3) is 8.32. The van der Waals surface area contributed by atoms with Gasteiger partial charge >= 0.3 is 0 Å². The Morgan fingerprint density at radius 1 is 0.826 bits per heavy atom. The van der Waals surface area contributed by atoms with E-state index >= 15 is 0 Å². The molecule has 23 heavy (non-hydrogen) atoms. The van der Waals surface area contributed by atoms with Crippen LogP contribution in [0.5, 0.6) is 0 Å². The van der Waals surface area contributed by atoms with Gasteiger partial charge in [0.1, 0.15) is 0 Å². The molecule has 0 bridgehead atoms. The van der Waals surface area contributed by atoms with Crippen LogP contribution in [0.1, 0.15) is 70.4 Å². The third-order valence-corrected chi connectivity index (χ3v) is 9.39. The Balaban J connectivity index is 0.00000484. The summed E-state index contributed by atoms with van der Waals surface area (Å²) >= 11 is 0. The zero-order valence-corrected chi connectivity index (χ0v) is 17.6. The van der Waals surface area contributed by atoms with Gasteiger partial charge in [0.25, 0.3) is 0 Å². The van der Waals surface area contributed by atoms with Crippen LogP contribution in [0.3, 0.4) is 0 Å². The fourth-order valence-corrected chi connectivity index (χ4v) is 8.22. The number of nitrogens with zero attached hydrogens (tertiary/aromatic N) is 1. The predicted molar refractivity (Wildman–Crippen MR) is 101 cm³/mol. The van der Waals surface area contributed by atoms with Gasteiger partial charge in [0.15, 0.2) is 0 Å². The molecule has 1 aromatic rings. The summed E-state index contributed by atoms with van der Waals surface area (Å²) < 4.78 is 0. The van der Waals surface area contributed by atoms with E-state index in [0.717, 1.165) is 5.56 Å². The number of hydrogen-bond acceptors (Lipinski definition) is 1. The molecule has 3 heteroatoms. The number of benzene rings is 1. The summed E-state index contributed by atoms with van der Waals surface area (Å²) in [6.07, 6.45) is 13.8. The predicted octanol–water partition coefficient (Wildman–Crippen LogP) is 3.48. The molecule has 0 unspecified atom stereocenters. The summed E-state index contributed by atoms with van der Waals surface area (Å²) in [5.41, 5.74) is 2.24. The summed E-state index contributed by atoms with van der Waals surface area (Å²) in [4.78, 5) is 0. The van der Waals surface area contributed by atoms with Crippen molar-refractivity contribution in [3.63, 3.8) is 0 Å². The second-order valence-corrected chi connectivity index (χ2v) is 10.9. The van der Waals surface area contributed by atoms with E-state index < -0.39 is 7.26 Å². The van der Waals surface area contributed by atoms with Crippen LogP contribution in [-0.2, 0) is 6.16 Å². The van der Waals surface area contributed by atoms with Crippen molar-refractivity contribution < 1.29 is 17.0 Å². The lowest BCUT2D eigenvalue weighted by molar-refractivity contribution is -0.00000515. The van der Waals surface area contributed by atoms with E-state index in [0.29, 0.717) is 0 Å². The van der Waals surface area contributed by atoms with Crippen molar-refractivity contribution in [2.24, 2.45) is 0 Å². The minimum absolute atomic E-state index is 0. The highest BCUT2D eigenvalue weighted by molar-refractivity contribution is 7.75. The summed E-state index contributed by atoms with van der Waals surface area (Å²) in [6, 6.07) is 10.6. The van der Waals surface area contributed by atoms with Crippen LogP contribution in [0.4, 0.5) is 0 Å². The first-order chi connectivity index (χ1) is 10.7. The van der Waals surface area contributed by atoms with Gasteiger partial charge in [0.2, 0.25) is 0 Å². The fourth-order valence-electron chi connectivity index (χ4n) is 3.13. The molecule has 0 aliphatic carbocycles. The molecule has 0 aliphatic heterocycles. The monoisotopic (exact) mass is 397 g/mol. The van der Waals surface area contributed by atoms with Gasteiger partial charge in [-0.1, -0.05) is 52.2 Å². The van der Waals surface area contributed by atoms with Crippen molar-refractivity contribution >= 4 is 7.26 Å². The molecule has 0 atom stereocenters. The van der Waals surface area contributed by atoms with Gasteiger partial charge in [0.05, 0.1) is 36.3 Å².